The van der Waals surface area contributed by atoms with Gasteiger partial charge >= 0.3 is 12.2 Å². The van der Waals surface area contributed by atoms with Gasteiger partial charge in [0.05, 0.1) is 23.5 Å². The molecule has 8 nitrogen and oxygen atoms in total. The van der Waals surface area contributed by atoms with Gasteiger partial charge < -0.3 is 9.80 Å². The van der Waals surface area contributed by atoms with E-state index in [0.717, 1.165) is 29.9 Å². The summed E-state index contributed by atoms with van der Waals surface area (Å²) in [6.45, 7) is 0.0835. The summed E-state index contributed by atoms with van der Waals surface area (Å²) in [6.07, 6.45) is -0.595. The van der Waals surface area contributed by atoms with E-state index in [2.05, 4.69) is 15.5 Å². The molecule has 1 atom stereocenters. The highest BCUT2D eigenvalue weighted by Gasteiger charge is 2.35. The molecular formula is C20H20F3N5O3. The molecular weight excluding hydrogens is 415 g/mol. The Labute approximate surface area is 175 Å². The fourth-order valence-electron chi connectivity index (χ4n) is 4.01. The van der Waals surface area contributed by atoms with E-state index in [-0.39, 0.29) is 25.0 Å². The first-order valence-corrected chi connectivity index (χ1v) is 9.83. The fraction of sp³-hybridized carbons (Fsp3) is 0.400. The number of nitrogens with one attached hydrogen (secondary N) is 2. The Bertz CT molecular complexity index is 1000. The Kier molecular flexibility index (Phi) is 5.42. The van der Waals surface area contributed by atoms with Crippen molar-refractivity contribution in [2.45, 2.75) is 31.5 Å². The Morgan fingerprint density at radius 3 is 2.55 bits per heavy atom. The zero-order valence-electron chi connectivity index (χ0n) is 16.4. The monoisotopic (exact) mass is 435 g/mol. The third-order valence-electron chi connectivity index (χ3n) is 5.54. The first kappa shape index (κ1) is 20.9. The first-order valence-electron chi connectivity index (χ1n) is 9.83. The normalized spacial score (nSPS) is 19.6. The molecule has 0 aliphatic carbocycles. The highest BCUT2D eigenvalue weighted by Crippen LogP contribution is 2.37. The summed E-state index contributed by atoms with van der Waals surface area (Å²) in [5.41, 5.74) is 1.07. The van der Waals surface area contributed by atoms with Gasteiger partial charge in [0.25, 0.3) is 0 Å². The van der Waals surface area contributed by atoms with E-state index >= 15 is 0 Å². The van der Waals surface area contributed by atoms with Crippen LogP contribution in [-0.4, -0.2) is 57.5 Å². The maximum absolute atomic E-state index is 12.9. The molecule has 3 heterocycles. The molecule has 0 spiro atoms. The van der Waals surface area contributed by atoms with Gasteiger partial charge in [-0.25, -0.2) is 4.79 Å². The number of hydrogen-bond acceptors (Lipinski definition) is 4. The number of aromatic nitrogens is 2. The highest BCUT2D eigenvalue weighted by atomic mass is 19.4. The predicted octanol–water partition coefficient (Wildman–Crippen LogP) is 2.70. The number of benzene rings is 1. The molecule has 164 valence electrons. The summed E-state index contributed by atoms with van der Waals surface area (Å²) in [6, 6.07) is 3.83. The Morgan fingerprint density at radius 1 is 1.16 bits per heavy atom. The number of piperidine rings is 1. The number of carbonyl (C=O) groups excluding carboxylic acids is 3. The number of H-pyrrole nitrogens is 1. The van der Waals surface area contributed by atoms with Gasteiger partial charge in [-0.05, 0) is 37.0 Å². The van der Waals surface area contributed by atoms with Crippen molar-refractivity contribution in [1.29, 1.82) is 0 Å². The van der Waals surface area contributed by atoms with Gasteiger partial charge in [-0.15, -0.1) is 0 Å². The zero-order valence-corrected chi connectivity index (χ0v) is 16.4. The average molecular weight is 435 g/mol. The number of carbonyl (C=O) groups is 3. The van der Waals surface area contributed by atoms with Gasteiger partial charge in [-0.1, -0.05) is 12.1 Å². The van der Waals surface area contributed by atoms with E-state index in [9.17, 15) is 27.6 Å². The van der Waals surface area contributed by atoms with Gasteiger partial charge in [0.15, 0.2) is 0 Å². The number of amides is 4. The molecule has 2 aliphatic heterocycles. The number of urea groups is 1. The number of likely N-dealkylation sites (tertiary alicyclic amines) is 1. The van der Waals surface area contributed by atoms with E-state index in [4.69, 9.17) is 0 Å². The number of imide groups is 1. The standard InChI is InChI=1S/C20H20F3N5O3/c21-20(22,23)13-6-4-12(5-7-13)14-9-24-26-18(14)15-3-1-2-8-28(15)17(30)11-27-10-16(29)25-19(27)31/h4-7,9,15H,1-3,8,10-11H2,(H,24,26)(H,25,29,31)/t15-/m0/s1. The van der Waals surface area contributed by atoms with Crippen molar-refractivity contribution in [2.24, 2.45) is 0 Å². The minimum absolute atomic E-state index is 0.163. The van der Waals surface area contributed by atoms with Crippen molar-refractivity contribution in [2.75, 3.05) is 19.6 Å². The second-order valence-corrected chi connectivity index (χ2v) is 7.58. The van der Waals surface area contributed by atoms with Crippen LogP contribution in [0.5, 0.6) is 0 Å². The molecule has 1 aromatic heterocycles. The van der Waals surface area contributed by atoms with Crippen LogP contribution >= 0.6 is 0 Å². The smallest absolute Gasteiger partial charge is 0.333 e. The first-order chi connectivity index (χ1) is 14.7. The van der Waals surface area contributed by atoms with Crippen molar-refractivity contribution in [3.63, 3.8) is 0 Å². The van der Waals surface area contributed by atoms with Crippen LogP contribution in [0, 0.1) is 0 Å². The van der Waals surface area contributed by atoms with Crippen molar-refractivity contribution < 1.29 is 27.6 Å². The Balaban J connectivity index is 1.57. The number of alkyl halides is 3. The summed E-state index contributed by atoms with van der Waals surface area (Å²) in [5, 5.41) is 9.10. The molecule has 11 heteroatoms. The minimum Gasteiger partial charge on any atom is -0.333 e. The van der Waals surface area contributed by atoms with Crippen LogP contribution in [0.3, 0.4) is 0 Å². The number of aromatic amines is 1. The number of hydrogen-bond donors (Lipinski definition) is 2. The highest BCUT2D eigenvalue weighted by molar-refractivity contribution is 6.03. The predicted molar refractivity (Wildman–Crippen MR) is 102 cm³/mol. The molecule has 4 amide bonds. The molecule has 1 aromatic carbocycles. The lowest BCUT2D eigenvalue weighted by atomic mass is 9.94. The van der Waals surface area contributed by atoms with Crippen LogP contribution < -0.4 is 5.32 Å². The lowest BCUT2D eigenvalue weighted by molar-refractivity contribution is -0.138. The van der Waals surface area contributed by atoms with Crippen LogP contribution in [-0.2, 0) is 15.8 Å². The van der Waals surface area contributed by atoms with Crippen molar-refractivity contribution in [3.8, 4) is 11.1 Å². The van der Waals surface area contributed by atoms with E-state index in [1.807, 2.05) is 0 Å². The number of halogens is 3. The van der Waals surface area contributed by atoms with Crippen LogP contribution in [0.25, 0.3) is 11.1 Å². The van der Waals surface area contributed by atoms with Crippen LogP contribution in [0.1, 0.15) is 36.6 Å². The molecule has 2 aliphatic rings. The van der Waals surface area contributed by atoms with Crippen molar-refractivity contribution >= 4 is 17.8 Å². The van der Waals surface area contributed by atoms with Crippen molar-refractivity contribution in [3.05, 3.63) is 41.7 Å². The van der Waals surface area contributed by atoms with Crippen LogP contribution in [0.4, 0.5) is 18.0 Å². The van der Waals surface area contributed by atoms with E-state index in [1.165, 1.54) is 18.3 Å². The molecule has 0 unspecified atom stereocenters. The van der Waals surface area contributed by atoms with Crippen LogP contribution in [0.15, 0.2) is 30.5 Å². The Hall–Kier alpha value is -3.37. The lowest BCUT2D eigenvalue weighted by Crippen LogP contribution is -2.45. The second kappa shape index (κ2) is 8.05. The third kappa shape index (κ3) is 4.25. The molecule has 2 saturated heterocycles. The van der Waals surface area contributed by atoms with Gasteiger partial charge in [0.2, 0.25) is 11.8 Å². The summed E-state index contributed by atoms with van der Waals surface area (Å²) in [7, 11) is 0. The van der Waals surface area contributed by atoms with Gasteiger partial charge in [0, 0.05) is 12.1 Å². The molecule has 31 heavy (non-hydrogen) atoms. The van der Waals surface area contributed by atoms with E-state index in [0.29, 0.717) is 29.8 Å². The summed E-state index contributed by atoms with van der Waals surface area (Å²) in [4.78, 5) is 38.9. The third-order valence-corrected chi connectivity index (χ3v) is 5.54. The SMILES string of the molecule is O=C1CN(CC(=O)N2CCCC[C@H]2c2[nH]ncc2-c2ccc(C(F)(F)F)cc2)C(=O)N1. The van der Waals surface area contributed by atoms with Crippen LogP contribution in [0.2, 0.25) is 0 Å². The summed E-state index contributed by atoms with van der Waals surface area (Å²) < 4.78 is 38.6. The minimum atomic E-state index is -4.42. The maximum Gasteiger partial charge on any atom is 0.416 e. The maximum atomic E-state index is 12.9. The van der Waals surface area contributed by atoms with Crippen molar-refractivity contribution in [1.82, 2.24) is 25.3 Å². The fourth-order valence-corrected chi connectivity index (χ4v) is 4.01. The largest absolute Gasteiger partial charge is 0.416 e. The quantitative estimate of drug-likeness (QED) is 0.722. The molecule has 0 bridgehead atoms. The molecule has 0 saturated carbocycles. The van der Waals surface area contributed by atoms with E-state index < -0.39 is 23.7 Å². The van der Waals surface area contributed by atoms with Gasteiger partial charge in [-0.3, -0.25) is 20.0 Å². The number of nitrogens with zero attached hydrogens (tertiary/aromatic N) is 3. The lowest BCUT2D eigenvalue weighted by Gasteiger charge is -2.36. The topological polar surface area (TPSA) is 98.4 Å². The molecule has 2 aromatic rings. The molecule has 2 N–H and O–H groups in total. The van der Waals surface area contributed by atoms with E-state index in [1.54, 1.807) is 4.90 Å². The van der Waals surface area contributed by atoms with Gasteiger partial charge in [0.1, 0.15) is 13.1 Å². The molecule has 2 fully saturated rings. The molecule has 4 rings (SSSR count). The molecule has 0 radical (unpaired) electrons. The summed E-state index contributed by atoms with van der Waals surface area (Å²) >= 11 is 0. The average Bonchev–Trinajstić information content (AvgIpc) is 3.33. The second-order valence-electron chi connectivity index (χ2n) is 7.58. The zero-order chi connectivity index (χ0) is 22.2. The van der Waals surface area contributed by atoms with Gasteiger partial charge in [-0.2, -0.15) is 18.3 Å². The summed E-state index contributed by atoms with van der Waals surface area (Å²) in [5.74, 6) is -0.756. The number of rotatable bonds is 4. The Morgan fingerprint density at radius 2 is 1.90 bits per heavy atom.